The van der Waals surface area contributed by atoms with Crippen molar-refractivity contribution in [1.29, 1.82) is 5.26 Å². The van der Waals surface area contributed by atoms with Gasteiger partial charge in [0.15, 0.2) is 0 Å². The minimum atomic E-state index is -1.28. The van der Waals surface area contributed by atoms with Crippen molar-refractivity contribution in [1.82, 2.24) is 4.90 Å². The van der Waals surface area contributed by atoms with Gasteiger partial charge in [0.1, 0.15) is 0 Å². The molecule has 0 saturated carbocycles. The Bertz CT molecular complexity index is 1350. The average molecular weight is 485 g/mol. The normalized spacial score (nSPS) is 19.4. The fraction of sp³-hybridized carbons (Fsp3) is 0.160. The summed E-state index contributed by atoms with van der Waals surface area (Å²) in [6.45, 7) is 0.614. The molecule has 7 heteroatoms. The van der Waals surface area contributed by atoms with Gasteiger partial charge >= 0.3 is 194 Å². The van der Waals surface area contributed by atoms with Crippen molar-refractivity contribution in [2.45, 2.75) is 12.0 Å². The van der Waals surface area contributed by atoms with Gasteiger partial charge in [-0.1, -0.05) is 0 Å². The van der Waals surface area contributed by atoms with Crippen LogP contribution in [0.1, 0.15) is 22.3 Å². The molecule has 32 heavy (non-hydrogen) atoms. The van der Waals surface area contributed by atoms with E-state index >= 15 is 0 Å². The summed E-state index contributed by atoms with van der Waals surface area (Å²) in [7, 11) is 1.69. The Morgan fingerprint density at radius 2 is 1.97 bits per heavy atom. The van der Waals surface area contributed by atoms with Gasteiger partial charge in [0.2, 0.25) is 0 Å². The van der Waals surface area contributed by atoms with Crippen LogP contribution in [0.4, 0.5) is 4.39 Å². The number of carbonyl (C=O) groups is 1. The second-order valence-corrected chi connectivity index (χ2v) is 8.63. The van der Waals surface area contributed by atoms with Crippen molar-refractivity contribution in [3.63, 3.8) is 0 Å². The number of nitrogens with zero attached hydrogens (tertiary/aromatic N) is 3. The molecule has 5 rings (SSSR count). The number of fused-ring (bicyclic) bond motifs is 1. The SMILES string of the molecule is CN1C(=O)C(c2cccc(-c3cc(C#N)ccc3F)c2)(c2ccc3c(c2)CCO3)N=C1[As]. The summed E-state index contributed by atoms with van der Waals surface area (Å²) >= 11 is 2.34. The first kappa shape index (κ1) is 20.5. The predicted molar refractivity (Wildman–Crippen MR) is 119 cm³/mol. The summed E-state index contributed by atoms with van der Waals surface area (Å²) < 4.78 is 20.8. The third-order valence-electron chi connectivity index (χ3n) is 5.98. The summed E-state index contributed by atoms with van der Waals surface area (Å²) in [4.78, 5) is 19.9. The zero-order chi connectivity index (χ0) is 22.5. The van der Waals surface area contributed by atoms with Crippen molar-refractivity contribution in [3.05, 3.63) is 88.7 Å². The number of aliphatic imine (C=N–C) groups is 1. The molecule has 1 atom stereocenters. The number of carbonyl (C=O) groups excluding carboxylic acids is 1. The number of amidine groups is 1. The molecule has 1 unspecified atom stereocenters. The van der Waals surface area contributed by atoms with Gasteiger partial charge in [-0.25, -0.2) is 0 Å². The summed E-state index contributed by atoms with van der Waals surface area (Å²) in [5.41, 5.74) is 2.37. The topological polar surface area (TPSA) is 65.7 Å². The van der Waals surface area contributed by atoms with Crippen LogP contribution in [-0.2, 0) is 16.8 Å². The van der Waals surface area contributed by atoms with E-state index in [4.69, 9.17) is 9.73 Å². The molecule has 0 N–H and O–H groups in total. The Balaban J connectivity index is 1.72. The number of hydrogen-bond donors (Lipinski definition) is 0. The molecule has 0 saturated heterocycles. The number of halogens is 1. The predicted octanol–water partition coefficient (Wildman–Crippen LogP) is 3.54. The number of likely N-dealkylation sites (N-methyl/N-ethyl adjacent to an activating group) is 1. The van der Waals surface area contributed by atoms with Crippen LogP contribution in [0, 0.1) is 17.1 Å². The monoisotopic (exact) mass is 485 g/mol. The van der Waals surface area contributed by atoms with Crippen LogP contribution in [-0.4, -0.2) is 45.9 Å². The summed E-state index contributed by atoms with van der Waals surface area (Å²) in [6.07, 6.45) is 0.772. The first-order valence-corrected chi connectivity index (χ1v) is 11.0. The van der Waals surface area contributed by atoms with Gasteiger partial charge in [-0.2, -0.15) is 0 Å². The molecule has 0 aliphatic carbocycles. The molecule has 2 heterocycles. The number of nitriles is 1. The molecule has 0 aromatic heterocycles. The Morgan fingerprint density at radius 3 is 2.72 bits per heavy atom. The molecule has 1 amide bonds. The summed E-state index contributed by atoms with van der Waals surface area (Å²) in [5.74, 6) is 0.204. The van der Waals surface area contributed by atoms with Gasteiger partial charge in [-0.3, -0.25) is 0 Å². The number of rotatable bonds is 3. The third-order valence-corrected chi connectivity index (χ3v) is 6.82. The van der Waals surface area contributed by atoms with E-state index in [0.29, 0.717) is 33.5 Å². The Labute approximate surface area is 193 Å². The van der Waals surface area contributed by atoms with E-state index in [1.165, 1.54) is 23.1 Å². The molecule has 0 bridgehead atoms. The molecule has 2 aliphatic rings. The van der Waals surface area contributed by atoms with Crippen molar-refractivity contribution in [3.8, 4) is 22.9 Å². The minimum absolute atomic E-state index is 0.185. The second-order valence-electron chi connectivity index (χ2n) is 7.79. The van der Waals surface area contributed by atoms with E-state index in [0.717, 1.165) is 23.3 Å². The van der Waals surface area contributed by atoms with Gasteiger partial charge in [0.05, 0.1) is 0 Å². The van der Waals surface area contributed by atoms with Crippen LogP contribution in [0.25, 0.3) is 11.1 Å². The average Bonchev–Trinajstić information content (AvgIpc) is 3.38. The van der Waals surface area contributed by atoms with Crippen LogP contribution < -0.4 is 4.74 Å². The molecule has 0 spiro atoms. The molecule has 156 valence electrons. The van der Waals surface area contributed by atoms with Crippen LogP contribution >= 0.6 is 0 Å². The van der Waals surface area contributed by atoms with Crippen LogP contribution in [0.5, 0.6) is 5.75 Å². The summed E-state index contributed by atoms with van der Waals surface area (Å²) in [6, 6.07) is 19.2. The number of ether oxygens (including phenoxy) is 1. The fourth-order valence-corrected chi connectivity index (χ4v) is 4.79. The zero-order valence-corrected chi connectivity index (χ0v) is 19.0. The quantitative estimate of drug-likeness (QED) is 0.534. The van der Waals surface area contributed by atoms with Gasteiger partial charge in [0.25, 0.3) is 0 Å². The van der Waals surface area contributed by atoms with Crippen LogP contribution in [0.15, 0.2) is 65.7 Å². The molecule has 3 aromatic rings. The third kappa shape index (κ3) is 3.04. The number of benzene rings is 3. The molecular formula is C25H17AsFN3O2. The van der Waals surface area contributed by atoms with E-state index in [1.807, 2.05) is 30.3 Å². The Kier molecular flexibility index (Phi) is 4.87. The molecule has 5 nitrogen and oxygen atoms in total. The van der Waals surface area contributed by atoms with E-state index in [-0.39, 0.29) is 5.91 Å². The molecular weight excluding hydrogens is 468 g/mol. The van der Waals surface area contributed by atoms with Crippen molar-refractivity contribution < 1.29 is 13.9 Å². The molecule has 2 radical (unpaired) electrons. The first-order valence-electron chi connectivity index (χ1n) is 10.1. The Morgan fingerprint density at radius 1 is 1.16 bits per heavy atom. The standard InChI is InChI=1S/C25H17AsFN3O2/c1-30-23(31)25(29-24(30)26,19-6-8-22-17(13-19)9-10-32-22)18-4-2-3-16(12-18)20-11-15(14-28)5-7-21(20)27/h2-8,11-13H,9-10H2,1H3. The molecule has 3 aromatic carbocycles. The van der Waals surface area contributed by atoms with Gasteiger partial charge in [-0.05, 0) is 0 Å². The molecule has 0 fully saturated rings. The van der Waals surface area contributed by atoms with E-state index in [9.17, 15) is 14.4 Å². The van der Waals surface area contributed by atoms with Crippen molar-refractivity contribution in [2.75, 3.05) is 13.7 Å². The number of amides is 1. The van der Waals surface area contributed by atoms with Gasteiger partial charge < -0.3 is 0 Å². The molecule has 2 aliphatic heterocycles. The number of hydrogen-bond acceptors (Lipinski definition) is 4. The van der Waals surface area contributed by atoms with E-state index in [2.05, 4.69) is 16.9 Å². The first-order chi connectivity index (χ1) is 15.4. The van der Waals surface area contributed by atoms with Crippen molar-refractivity contribution >= 4 is 27.4 Å². The van der Waals surface area contributed by atoms with Crippen LogP contribution in [0.3, 0.4) is 0 Å². The van der Waals surface area contributed by atoms with E-state index < -0.39 is 11.4 Å². The summed E-state index contributed by atoms with van der Waals surface area (Å²) in [5, 5.41) is 9.23. The van der Waals surface area contributed by atoms with Crippen LogP contribution in [0.2, 0.25) is 0 Å². The van der Waals surface area contributed by atoms with Crippen molar-refractivity contribution in [2.24, 2.45) is 4.99 Å². The van der Waals surface area contributed by atoms with E-state index in [1.54, 1.807) is 25.2 Å². The van der Waals surface area contributed by atoms with Gasteiger partial charge in [-0.15, -0.1) is 0 Å². The Hall–Kier alpha value is -3.42. The zero-order valence-electron chi connectivity index (χ0n) is 17.2. The second kappa shape index (κ2) is 7.62. The maximum atomic E-state index is 14.6. The fourth-order valence-electron chi connectivity index (χ4n) is 4.29. The maximum absolute atomic E-state index is 14.6. The van der Waals surface area contributed by atoms with Gasteiger partial charge in [0, 0.05) is 0 Å².